The molecule has 7 heteroatoms. The van der Waals surface area contributed by atoms with Gasteiger partial charge >= 0.3 is 5.97 Å². The van der Waals surface area contributed by atoms with Gasteiger partial charge in [-0.2, -0.15) is 0 Å². The quantitative estimate of drug-likeness (QED) is 0.637. The highest BCUT2D eigenvalue weighted by Gasteiger charge is 2.19. The molecule has 0 aliphatic rings. The van der Waals surface area contributed by atoms with Crippen molar-refractivity contribution in [1.29, 1.82) is 0 Å². The first-order valence-corrected chi connectivity index (χ1v) is 9.49. The number of rotatable bonds is 8. The second kappa shape index (κ2) is 8.80. The highest BCUT2D eigenvalue weighted by molar-refractivity contribution is 7.15. The van der Waals surface area contributed by atoms with Crippen LogP contribution in [0.4, 0.5) is 10.8 Å². The number of anilines is 2. The van der Waals surface area contributed by atoms with Gasteiger partial charge in [0.1, 0.15) is 6.04 Å². The summed E-state index contributed by atoms with van der Waals surface area (Å²) in [5, 5.41) is 15.9. The van der Waals surface area contributed by atoms with Gasteiger partial charge in [0.15, 0.2) is 5.13 Å². The number of thiazole rings is 1. The number of hydrogen-bond acceptors (Lipinski definition) is 5. The Morgan fingerprint density at radius 3 is 2.58 bits per heavy atom. The number of carbonyl (C=O) groups is 2. The van der Waals surface area contributed by atoms with Gasteiger partial charge in [-0.25, -0.2) is 9.78 Å². The summed E-state index contributed by atoms with van der Waals surface area (Å²) >= 11 is 1.43. The summed E-state index contributed by atoms with van der Waals surface area (Å²) in [5.74, 6) is -1.14. The van der Waals surface area contributed by atoms with Crippen molar-refractivity contribution in [1.82, 2.24) is 4.98 Å². The lowest BCUT2D eigenvalue weighted by Crippen LogP contribution is -2.29. The molecule has 1 heterocycles. The first kappa shape index (κ1) is 19.9. The van der Waals surface area contributed by atoms with E-state index in [4.69, 9.17) is 0 Å². The standard InChI is InChI=1S/C19H25N3O3S/c1-5-6-9-16(18(24)25)21-15-10-7-8-14(11(15)2)17(23)22-19-20-12(3)13(4)26-19/h7-8,10,16,21H,5-6,9H2,1-4H3,(H,24,25)(H,20,22,23). The van der Waals surface area contributed by atoms with Crippen LogP contribution in [0, 0.1) is 20.8 Å². The number of unbranched alkanes of at least 4 members (excludes halogenated alkanes) is 1. The molecule has 1 atom stereocenters. The highest BCUT2D eigenvalue weighted by atomic mass is 32.1. The molecule has 2 aromatic rings. The van der Waals surface area contributed by atoms with E-state index in [9.17, 15) is 14.7 Å². The fraction of sp³-hybridized carbons (Fsp3) is 0.421. The lowest BCUT2D eigenvalue weighted by molar-refractivity contribution is -0.138. The van der Waals surface area contributed by atoms with Crippen LogP contribution in [0.15, 0.2) is 18.2 Å². The van der Waals surface area contributed by atoms with E-state index in [1.54, 1.807) is 18.2 Å². The average molecular weight is 375 g/mol. The minimum atomic E-state index is -0.888. The number of hydrogen-bond donors (Lipinski definition) is 3. The molecule has 0 spiro atoms. The molecule has 0 aliphatic heterocycles. The number of carbonyl (C=O) groups excluding carboxylic acids is 1. The molecule has 2 rings (SSSR count). The van der Waals surface area contributed by atoms with Crippen molar-refractivity contribution < 1.29 is 14.7 Å². The zero-order chi connectivity index (χ0) is 19.3. The lowest BCUT2D eigenvalue weighted by atomic mass is 10.0. The summed E-state index contributed by atoms with van der Waals surface area (Å²) in [4.78, 5) is 29.5. The van der Waals surface area contributed by atoms with Crippen LogP contribution in [0.3, 0.4) is 0 Å². The summed E-state index contributed by atoms with van der Waals surface area (Å²) in [5.41, 5.74) is 2.78. The number of amides is 1. The number of aliphatic carboxylic acids is 1. The van der Waals surface area contributed by atoms with E-state index in [1.807, 2.05) is 27.7 Å². The second-order valence-electron chi connectivity index (χ2n) is 6.27. The summed E-state index contributed by atoms with van der Waals surface area (Å²) in [6, 6.07) is 4.61. The monoisotopic (exact) mass is 375 g/mol. The van der Waals surface area contributed by atoms with Crippen LogP contribution in [-0.2, 0) is 4.79 Å². The van der Waals surface area contributed by atoms with Crippen molar-refractivity contribution in [2.45, 2.75) is 53.0 Å². The van der Waals surface area contributed by atoms with Crippen LogP contribution in [0.2, 0.25) is 0 Å². The number of aromatic nitrogens is 1. The Balaban J connectivity index is 2.19. The first-order chi connectivity index (χ1) is 12.3. The Morgan fingerprint density at radius 2 is 2.00 bits per heavy atom. The number of nitrogens with one attached hydrogen (secondary N) is 2. The van der Waals surface area contributed by atoms with Gasteiger partial charge in [0.05, 0.1) is 5.69 Å². The predicted octanol–water partition coefficient (Wildman–Crippen LogP) is 4.38. The maximum atomic E-state index is 12.6. The van der Waals surface area contributed by atoms with Crippen LogP contribution in [0.25, 0.3) is 0 Å². The largest absolute Gasteiger partial charge is 0.480 e. The predicted molar refractivity (Wildman–Crippen MR) is 105 cm³/mol. The Morgan fingerprint density at radius 1 is 1.27 bits per heavy atom. The molecule has 1 unspecified atom stereocenters. The molecule has 1 aromatic carbocycles. The third-order valence-corrected chi connectivity index (χ3v) is 5.29. The summed E-state index contributed by atoms with van der Waals surface area (Å²) in [7, 11) is 0. The SMILES string of the molecule is CCCCC(Nc1cccc(C(=O)Nc2nc(C)c(C)s2)c1C)C(=O)O. The molecule has 0 fully saturated rings. The molecule has 0 saturated heterocycles. The van der Waals surface area contributed by atoms with E-state index >= 15 is 0 Å². The first-order valence-electron chi connectivity index (χ1n) is 8.67. The second-order valence-corrected chi connectivity index (χ2v) is 7.47. The fourth-order valence-corrected chi connectivity index (χ4v) is 3.39. The van der Waals surface area contributed by atoms with Crippen molar-refractivity contribution in [3.63, 3.8) is 0 Å². The van der Waals surface area contributed by atoms with Crippen LogP contribution in [-0.4, -0.2) is 28.0 Å². The molecular formula is C19H25N3O3S. The Kier molecular flexibility index (Phi) is 6.74. The summed E-state index contributed by atoms with van der Waals surface area (Å²) < 4.78 is 0. The number of carboxylic acid groups (broad SMARTS) is 1. The average Bonchev–Trinajstić information content (AvgIpc) is 2.90. The molecule has 1 amide bonds. The smallest absolute Gasteiger partial charge is 0.326 e. The van der Waals surface area contributed by atoms with E-state index in [0.717, 1.165) is 29.0 Å². The van der Waals surface area contributed by atoms with Crippen LogP contribution in [0.5, 0.6) is 0 Å². The molecule has 0 radical (unpaired) electrons. The van der Waals surface area contributed by atoms with Crippen molar-refractivity contribution in [2.75, 3.05) is 10.6 Å². The number of aryl methyl sites for hydroxylation is 2. The van der Waals surface area contributed by atoms with Crippen molar-refractivity contribution >= 4 is 34.0 Å². The van der Waals surface area contributed by atoms with Gasteiger partial charge in [-0.05, 0) is 44.9 Å². The minimum absolute atomic E-state index is 0.250. The zero-order valence-electron chi connectivity index (χ0n) is 15.5. The number of carboxylic acids is 1. The molecule has 6 nitrogen and oxygen atoms in total. The molecular weight excluding hydrogens is 350 g/mol. The summed E-state index contributed by atoms with van der Waals surface area (Å²) in [6.07, 6.45) is 2.30. The highest BCUT2D eigenvalue weighted by Crippen LogP contribution is 2.25. The van der Waals surface area contributed by atoms with E-state index in [2.05, 4.69) is 15.6 Å². The molecule has 1 aromatic heterocycles. The summed E-state index contributed by atoms with van der Waals surface area (Å²) in [6.45, 7) is 7.70. The number of benzene rings is 1. The third kappa shape index (κ3) is 4.82. The maximum absolute atomic E-state index is 12.6. The lowest BCUT2D eigenvalue weighted by Gasteiger charge is -2.18. The minimum Gasteiger partial charge on any atom is -0.480 e. The van der Waals surface area contributed by atoms with Gasteiger partial charge in [0, 0.05) is 16.1 Å². The maximum Gasteiger partial charge on any atom is 0.326 e. The molecule has 0 bridgehead atoms. The van der Waals surface area contributed by atoms with Crippen LogP contribution >= 0.6 is 11.3 Å². The molecule has 0 saturated carbocycles. The zero-order valence-corrected chi connectivity index (χ0v) is 16.4. The van der Waals surface area contributed by atoms with E-state index in [-0.39, 0.29) is 5.91 Å². The normalized spacial score (nSPS) is 11.8. The van der Waals surface area contributed by atoms with Crippen molar-refractivity contribution in [3.8, 4) is 0 Å². The molecule has 3 N–H and O–H groups in total. The van der Waals surface area contributed by atoms with Crippen LogP contribution < -0.4 is 10.6 Å². The topological polar surface area (TPSA) is 91.3 Å². The van der Waals surface area contributed by atoms with Crippen LogP contribution in [0.1, 0.15) is 52.7 Å². The molecule has 26 heavy (non-hydrogen) atoms. The van der Waals surface area contributed by atoms with Crippen molar-refractivity contribution in [3.05, 3.63) is 39.9 Å². The molecule has 140 valence electrons. The third-order valence-electron chi connectivity index (χ3n) is 4.30. The van der Waals surface area contributed by atoms with Gasteiger partial charge in [-0.1, -0.05) is 25.8 Å². The van der Waals surface area contributed by atoms with E-state index in [0.29, 0.717) is 22.8 Å². The van der Waals surface area contributed by atoms with Gasteiger partial charge in [0.2, 0.25) is 0 Å². The van der Waals surface area contributed by atoms with Gasteiger partial charge < -0.3 is 10.4 Å². The van der Waals surface area contributed by atoms with E-state index < -0.39 is 12.0 Å². The number of nitrogens with zero attached hydrogens (tertiary/aromatic N) is 1. The Bertz CT molecular complexity index is 782. The van der Waals surface area contributed by atoms with E-state index in [1.165, 1.54) is 11.3 Å². The molecule has 0 aliphatic carbocycles. The van der Waals surface area contributed by atoms with Crippen molar-refractivity contribution in [2.24, 2.45) is 0 Å². The fourth-order valence-electron chi connectivity index (χ4n) is 2.58. The van der Waals surface area contributed by atoms with Gasteiger partial charge in [-0.15, -0.1) is 11.3 Å². The van der Waals surface area contributed by atoms with Gasteiger partial charge in [-0.3, -0.25) is 10.1 Å². The van der Waals surface area contributed by atoms with Gasteiger partial charge in [0.25, 0.3) is 5.91 Å². The Hall–Kier alpha value is -2.41. The Labute approximate surface area is 157 Å².